The molecule has 0 saturated heterocycles. The number of aromatic nitrogens is 6. The van der Waals surface area contributed by atoms with Crippen molar-refractivity contribution in [2.24, 2.45) is 0 Å². The summed E-state index contributed by atoms with van der Waals surface area (Å²) < 4.78 is 1.48. The predicted octanol–water partition coefficient (Wildman–Crippen LogP) is 4.98. The quantitative estimate of drug-likeness (QED) is 0.374. The van der Waals surface area contributed by atoms with Gasteiger partial charge >= 0.3 is 0 Å². The second-order valence-electron chi connectivity index (χ2n) is 6.77. The summed E-state index contributed by atoms with van der Waals surface area (Å²) in [6, 6.07) is 6.54. The number of nitrogens with zero attached hydrogens (tertiary/aromatic N) is 5. The molecule has 11 heteroatoms. The molecule has 0 bridgehead atoms. The molecule has 8 nitrogen and oxygen atoms in total. The molecule has 0 amide bonds. The van der Waals surface area contributed by atoms with E-state index >= 15 is 0 Å². The summed E-state index contributed by atoms with van der Waals surface area (Å²) in [6.45, 7) is 2.00. The lowest BCUT2D eigenvalue weighted by atomic mass is 10.1. The standard InChI is InChI=1S/C20H15Cl2N7OS/c1-2-13(26-17-10-6-8-31-19(10)24-9-23-17)18-27-16-12(22)4-3-11(21)15(16)20(30)29(18)14-5-7-25-28-14/h3-9,13H,2H2,1H3,(H,25,28)(H,23,24,26)/t13-/m0/s1. The molecule has 0 fully saturated rings. The van der Waals surface area contributed by atoms with Gasteiger partial charge in [0, 0.05) is 6.07 Å². The molecule has 5 aromatic rings. The zero-order valence-electron chi connectivity index (χ0n) is 16.1. The molecule has 1 atom stereocenters. The zero-order chi connectivity index (χ0) is 21.5. The van der Waals surface area contributed by atoms with E-state index in [1.807, 2.05) is 18.4 Å². The van der Waals surface area contributed by atoms with Crippen LogP contribution in [0.25, 0.3) is 26.9 Å². The molecule has 5 rings (SSSR count). The van der Waals surface area contributed by atoms with Crippen molar-refractivity contribution in [3.63, 3.8) is 0 Å². The van der Waals surface area contributed by atoms with Crippen LogP contribution in [-0.2, 0) is 0 Å². The van der Waals surface area contributed by atoms with Crippen molar-refractivity contribution in [1.29, 1.82) is 0 Å². The highest BCUT2D eigenvalue weighted by Crippen LogP contribution is 2.31. The Morgan fingerprint density at radius 2 is 2.03 bits per heavy atom. The van der Waals surface area contributed by atoms with E-state index < -0.39 is 0 Å². The third kappa shape index (κ3) is 3.34. The molecule has 0 aliphatic carbocycles. The van der Waals surface area contributed by atoms with Gasteiger partial charge in [-0.1, -0.05) is 30.1 Å². The van der Waals surface area contributed by atoms with Gasteiger partial charge in [-0.2, -0.15) is 5.10 Å². The molecule has 0 spiro atoms. The molecule has 31 heavy (non-hydrogen) atoms. The van der Waals surface area contributed by atoms with Crippen LogP contribution in [0.3, 0.4) is 0 Å². The van der Waals surface area contributed by atoms with E-state index in [-0.39, 0.29) is 22.0 Å². The zero-order valence-corrected chi connectivity index (χ0v) is 18.5. The van der Waals surface area contributed by atoms with Crippen LogP contribution in [-0.4, -0.2) is 29.7 Å². The molecule has 156 valence electrons. The van der Waals surface area contributed by atoms with E-state index in [2.05, 4.69) is 25.5 Å². The maximum atomic E-state index is 13.5. The molecule has 2 N–H and O–H groups in total. The molecule has 4 heterocycles. The predicted molar refractivity (Wildman–Crippen MR) is 124 cm³/mol. The smallest absolute Gasteiger partial charge is 0.268 e. The van der Waals surface area contributed by atoms with Crippen LogP contribution in [0.4, 0.5) is 5.82 Å². The number of hydrogen-bond acceptors (Lipinski definition) is 7. The maximum absolute atomic E-state index is 13.5. The van der Waals surface area contributed by atoms with Gasteiger partial charge in [0.2, 0.25) is 0 Å². The number of aromatic amines is 1. The third-order valence-corrected chi connectivity index (χ3v) is 6.41. The molecule has 0 saturated carbocycles. The highest BCUT2D eigenvalue weighted by Gasteiger charge is 2.24. The first kappa shape index (κ1) is 19.9. The van der Waals surface area contributed by atoms with Gasteiger partial charge in [0.15, 0.2) is 0 Å². The van der Waals surface area contributed by atoms with E-state index in [1.54, 1.807) is 24.4 Å². The first-order valence-corrected chi connectivity index (χ1v) is 11.1. The van der Waals surface area contributed by atoms with Crippen LogP contribution < -0.4 is 10.9 Å². The topological polar surface area (TPSA) is 101 Å². The lowest BCUT2D eigenvalue weighted by molar-refractivity contribution is 0.653. The minimum atomic E-state index is -0.353. The molecule has 4 aromatic heterocycles. The maximum Gasteiger partial charge on any atom is 0.268 e. The fourth-order valence-corrected chi connectivity index (χ4v) is 4.66. The van der Waals surface area contributed by atoms with Crippen LogP contribution >= 0.6 is 34.5 Å². The minimum Gasteiger partial charge on any atom is -0.359 e. The number of halogens is 2. The monoisotopic (exact) mass is 471 g/mol. The van der Waals surface area contributed by atoms with E-state index in [0.717, 1.165) is 10.2 Å². The average Bonchev–Trinajstić information content (AvgIpc) is 3.46. The highest BCUT2D eigenvalue weighted by molar-refractivity contribution is 7.16. The van der Waals surface area contributed by atoms with Gasteiger partial charge in [0.1, 0.15) is 28.6 Å². The normalized spacial score (nSPS) is 12.5. The lowest BCUT2D eigenvalue weighted by Crippen LogP contribution is -2.28. The van der Waals surface area contributed by atoms with Gasteiger partial charge in [-0.25, -0.2) is 19.5 Å². The van der Waals surface area contributed by atoms with Gasteiger partial charge in [-0.15, -0.1) is 11.3 Å². The summed E-state index contributed by atoms with van der Waals surface area (Å²) in [5.41, 5.74) is 0.0221. The molecular formula is C20H15Cl2N7OS. The van der Waals surface area contributed by atoms with Crippen LogP contribution in [0.2, 0.25) is 10.0 Å². The van der Waals surface area contributed by atoms with Crippen LogP contribution in [0.1, 0.15) is 25.2 Å². The summed E-state index contributed by atoms with van der Waals surface area (Å²) in [6.07, 6.45) is 3.71. The van der Waals surface area contributed by atoms with Crippen LogP contribution in [0, 0.1) is 0 Å². The first-order chi connectivity index (χ1) is 15.1. The second kappa shape index (κ2) is 7.92. The Morgan fingerprint density at radius 1 is 1.19 bits per heavy atom. The van der Waals surface area contributed by atoms with Gasteiger partial charge in [-0.3, -0.25) is 9.89 Å². The van der Waals surface area contributed by atoms with E-state index in [0.29, 0.717) is 34.4 Å². The Kier molecular flexibility index (Phi) is 5.09. The first-order valence-electron chi connectivity index (χ1n) is 9.43. The van der Waals surface area contributed by atoms with E-state index in [1.165, 1.54) is 22.2 Å². The third-order valence-electron chi connectivity index (χ3n) is 4.97. The minimum absolute atomic E-state index is 0.254. The fourth-order valence-electron chi connectivity index (χ4n) is 3.49. The Labute approximate surface area is 189 Å². The number of rotatable bonds is 5. The number of anilines is 1. The SMILES string of the molecule is CC[C@H](Nc1ncnc2sccc12)c1nc2c(Cl)ccc(Cl)c2c(=O)n1-c1ccn[nH]1. The number of benzene rings is 1. The number of H-pyrrole nitrogens is 1. The van der Waals surface area contributed by atoms with Crippen molar-refractivity contribution >= 4 is 61.5 Å². The molecule has 0 unspecified atom stereocenters. The highest BCUT2D eigenvalue weighted by atomic mass is 35.5. The molecule has 0 aliphatic rings. The van der Waals surface area contributed by atoms with Crippen molar-refractivity contribution in [1.82, 2.24) is 29.7 Å². The molecular weight excluding hydrogens is 457 g/mol. The van der Waals surface area contributed by atoms with Crippen molar-refractivity contribution < 1.29 is 0 Å². The van der Waals surface area contributed by atoms with Crippen LogP contribution in [0.15, 0.2) is 47.0 Å². The largest absolute Gasteiger partial charge is 0.359 e. The summed E-state index contributed by atoms with van der Waals surface area (Å²) in [5, 5.41) is 14.0. The number of nitrogens with one attached hydrogen (secondary N) is 2. The van der Waals surface area contributed by atoms with E-state index in [9.17, 15) is 4.79 Å². The van der Waals surface area contributed by atoms with Crippen LogP contribution in [0.5, 0.6) is 0 Å². The van der Waals surface area contributed by atoms with Gasteiger partial charge < -0.3 is 5.32 Å². The van der Waals surface area contributed by atoms with Crippen molar-refractivity contribution in [3.05, 3.63) is 68.4 Å². The van der Waals surface area contributed by atoms with E-state index in [4.69, 9.17) is 28.2 Å². The second-order valence-corrected chi connectivity index (χ2v) is 8.48. The summed E-state index contributed by atoms with van der Waals surface area (Å²) >= 11 is 14.3. The summed E-state index contributed by atoms with van der Waals surface area (Å²) in [7, 11) is 0. The Hall–Kier alpha value is -3.01. The lowest BCUT2D eigenvalue weighted by Gasteiger charge is -2.22. The molecule has 0 radical (unpaired) electrons. The van der Waals surface area contributed by atoms with Crippen molar-refractivity contribution in [2.75, 3.05) is 5.32 Å². The van der Waals surface area contributed by atoms with Crippen molar-refractivity contribution in [3.8, 4) is 5.82 Å². The fraction of sp³-hybridized carbons (Fsp3) is 0.150. The number of thiophene rings is 1. The summed E-state index contributed by atoms with van der Waals surface area (Å²) in [4.78, 5) is 27.9. The molecule has 1 aromatic carbocycles. The van der Waals surface area contributed by atoms with Gasteiger partial charge in [-0.05, 0) is 30.0 Å². The van der Waals surface area contributed by atoms with Crippen molar-refractivity contribution in [2.45, 2.75) is 19.4 Å². The average molecular weight is 472 g/mol. The molecule has 0 aliphatic heterocycles. The number of hydrogen-bond donors (Lipinski definition) is 2. The summed E-state index contributed by atoms with van der Waals surface area (Å²) in [5.74, 6) is 1.62. The Bertz CT molecular complexity index is 1460. The Balaban J connectivity index is 1.76. The van der Waals surface area contributed by atoms with Gasteiger partial charge in [0.25, 0.3) is 5.56 Å². The Morgan fingerprint density at radius 3 is 2.81 bits per heavy atom. The van der Waals surface area contributed by atoms with Gasteiger partial charge in [0.05, 0.1) is 38.6 Å². The number of fused-ring (bicyclic) bond motifs is 2.